The fourth-order valence-corrected chi connectivity index (χ4v) is 6.01. The van der Waals surface area contributed by atoms with E-state index in [0.29, 0.717) is 30.1 Å². The third-order valence-corrected chi connectivity index (χ3v) is 7.79. The molecule has 0 aromatic heterocycles. The van der Waals surface area contributed by atoms with Gasteiger partial charge in [0, 0.05) is 24.0 Å². The largest absolute Gasteiger partial charge is 1.00 e. The van der Waals surface area contributed by atoms with Crippen LogP contribution in [0, 0.1) is 11.8 Å². The number of ether oxygens (including phenoxy) is 1. The zero-order chi connectivity index (χ0) is 22.2. The maximum Gasteiger partial charge on any atom is 1.00 e. The molecular weight excluding hydrogens is 427 g/mol. The van der Waals surface area contributed by atoms with E-state index in [1.165, 1.54) is 25.7 Å². The first-order chi connectivity index (χ1) is 15.5. The molecule has 0 amide bonds. The molecule has 8 heteroatoms. The number of carboxylic acid groups (broad SMARTS) is 1. The molecule has 4 atom stereocenters. The zero-order valence-corrected chi connectivity index (χ0v) is 21.8. The van der Waals surface area contributed by atoms with Gasteiger partial charge in [-0.1, -0.05) is 12.1 Å². The molecule has 4 aliphatic rings. The van der Waals surface area contributed by atoms with Gasteiger partial charge in [0.1, 0.15) is 11.9 Å². The first-order valence-electron chi connectivity index (χ1n) is 11.7. The van der Waals surface area contributed by atoms with Crippen molar-refractivity contribution in [1.29, 1.82) is 0 Å². The summed E-state index contributed by atoms with van der Waals surface area (Å²) >= 11 is 0. The van der Waals surface area contributed by atoms with Gasteiger partial charge in [0.15, 0.2) is 0 Å². The van der Waals surface area contributed by atoms with Crippen LogP contribution in [0.25, 0.3) is 0 Å². The standard InChI is InChI=1S/C25H32N4O3.Na/c1-28-18-6-7-19(28)14-17(13-18)5-10-22-23-21(25(30)31)11-12-26-24(23)29(27-22)15-16-3-8-20(32-2)9-4-16;/h3-4,8-9,11-12,17-19,23-24H,5-7,10,13-15H2,1-2H3,(H,30,31);/q;+1/p-1. The van der Waals surface area contributed by atoms with Crippen molar-refractivity contribution in [3.63, 3.8) is 0 Å². The molecule has 1 aromatic rings. The van der Waals surface area contributed by atoms with Crippen molar-refractivity contribution >= 4 is 17.9 Å². The fraction of sp³-hybridized carbons (Fsp3) is 0.560. The minimum absolute atomic E-state index is 0. The van der Waals surface area contributed by atoms with E-state index in [0.717, 1.165) is 29.9 Å². The number of benzene rings is 1. The van der Waals surface area contributed by atoms with Crippen molar-refractivity contribution < 1.29 is 44.2 Å². The second-order valence-electron chi connectivity index (χ2n) is 9.56. The van der Waals surface area contributed by atoms with Crippen LogP contribution in [0.15, 0.2) is 46.0 Å². The first kappa shape index (κ1) is 24.5. The van der Waals surface area contributed by atoms with E-state index in [2.05, 4.69) is 16.9 Å². The number of methoxy groups -OCH3 is 1. The summed E-state index contributed by atoms with van der Waals surface area (Å²) in [5.41, 5.74) is 2.31. The monoisotopic (exact) mass is 458 g/mol. The number of piperidine rings is 1. The number of carbonyl (C=O) groups is 1. The van der Waals surface area contributed by atoms with Crippen molar-refractivity contribution in [1.82, 2.24) is 9.91 Å². The average molecular weight is 459 g/mol. The van der Waals surface area contributed by atoms with Gasteiger partial charge in [-0.05, 0) is 80.8 Å². The molecule has 2 fully saturated rings. The molecule has 0 radical (unpaired) electrons. The summed E-state index contributed by atoms with van der Waals surface area (Å²) in [4.78, 5) is 19.1. The Morgan fingerprint density at radius 1 is 1.18 bits per heavy atom. The molecule has 5 rings (SSSR count). The van der Waals surface area contributed by atoms with Crippen LogP contribution in [0.3, 0.4) is 0 Å². The SMILES string of the molecule is COc1ccc(CN2N=C(CCC3CC4CCC(C3)N4C)C3C(C(=O)[O-])=CC=NC32)cc1.[Na+]. The Balaban J connectivity index is 0.00000259. The van der Waals surface area contributed by atoms with Crippen molar-refractivity contribution in [2.45, 2.75) is 63.3 Å². The zero-order valence-electron chi connectivity index (χ0n) is 19.8. The first-order valence-corrected chi connectivity index (χ1v) is 11.7. The Bertz CT molecular complexity index is 947. The van der Waals surface area contributed by atoms with Gasteiger partial charge in [0.05, 0.1) is 25.5 Å². The average Bonchev–Trinajstić information content (AvgIpc) is 3.23. The van der Waals surface area contributed by atoms with E-state index in [1.54, 1.807) is 19.4 Å². The summed E-state index contributed by atoms with van der Waals surface area (Å²) in [6.45, 7) is 0.574. The third kappa shape index (κ3) is 4.92. The Hall–Kier alpha value is -1.67. The smallest absolute Gasteiger partial charge is 0.545 e. The number of aliphatic imine (C=N–C) groups is 1. The number of allylic oxidation sites excluding steroid dienone is 1. The molecule has 170 valence electrons. The number of carbonyl (C=O) groups excluding carboxylic acids is 1. The van der Waals surface area contributed by atoms with Crippen LogP contribution in [0.2, 0.25) is 0 Å². The Morgan fingerprint density at radius 3 is 2.52 bits per heavy atom. The maximum absolute atomic E-state index is 11.9. The molecule has 2 bridgehead atoms. The maximum atomic E-state index is 11.9. The second kappa shape index (κ2) is 10.3. The number of aliphatic carboxylic acids is 1. The second-order valence-corrected chi connectivity index (χ2v) is 9.56. The van der Waals surface area contributed by atoms with E-state index in [4.69, 9.17) is 9.84 Å². The molecule has 0 saturated carbocycles. The minimum Gasteiger partial charge on any atom is -0.545 e. The van der Waals surface area contributed by atoms with Crippen LogP contribution in [0.5, 0.6) is 5.75 Å². The van der Waals surface area contributed by atoms with E-state index in [9.17, 15) is 9.90 Å². The van der Waals surface area contributed by atoms with Crippen LogP contribution in [-0.2, 0) is 11.3 Å². The molecule has 33 heavy (non-hydrogen) atoms. The summed E-state index contributed by atoms with van der Waals surface area (Å²) in [7, 11) is 3.91. The number of dihydropyridines is 1. The normalized spacial score (nSPS) is 30.4. The molecule has 0 aliphatic carbocycles. The topological polar surface area (TPSA) is 80.6 Å². The number of hydrogen-bond donors (Lipinski definition) is 0. The quantitative estimate of drug-likeness (QED) is 0.502. The van der Waals surface area contributed by atoms with Crippen LogP contribution in [0.1, 0.15) is 44.1 Å². The van der Waals surface area contributed by atoms with Crippen LogP contribution < -0.4 is 39.4 Å². The molecule has 4 heterocycles. The van der Waals surface area contributed by atoms with Crippen molar-refractivity contribution in [3.8, 4) is 5.75 Å². The summed E-state index contributed by atoms with van der Waals surface area (Å²) in [6.07, 6.45) is 9.82. The van der Waals surface area contributed by atoms with E-state index >= 15 is 0 Å². The minimum atomic E-state index is -1.12. The number of carboxylic acids is 1. The van der Waals surface area contributed by atoms with Crippen LogP contribution in [-0.4, -0.2) is 60.2 Å². The fourth-order valence-electron chi connectivity index (χ4n) is 6.01. The van der Waals surface area contributed by atoms with Crippen molar-refractivity contribution in [2.24, 2.45) is 21.9 Å². The van der Waals surface area contributed by atoms with E-state index in [-0.39, 0.29) is 41.6 Å². The number of hydrogen-bond acceptors (Lipinski definition) is 7. The predicted molar refractivity (Wildman–Crippen MR) is 121 cm³/mol. The molecular formula is C25H31N4NaO3. The molecule has 4 unspecified atom stereocenters. The molecule has 2 saturated heterocycles. The summed E-state index contributed by atoms with van der Waals surface area (Å²) in [5.74, 6) is 0.0406. The van der Waals surface area contributed by atoms with Gasteiger partial charge in [-0.3, -0.25) is 10.0 Å². The summed E-state index contributed by atoms with van der Waals surface area (Å²) < 4.78 is 5.25. The van der Waals surface area contributed by atoms with Gasteiger partial charge in [-0.15, -0.1) is 0 Å². The molecule has 0 N–H and O–H groups in total. The van der Waals surface area contributed by atoms with E-state index in [1.807, 2.05) is 29.3 Å². The molecule has 1 aromatic carbocycles. The Labute approximate surface area is 217 Å². The van der Waals surface area contributed by atoms with Gasteiger partial charge >= 0.3 is 29.6 Å². The van der Waals surface area contributed by atoms with Gasteiger partial charge in [-0.25, -0.2) is 0 Å². The predicted octanol–water partition coefficient (Wildman–Crippen LogP) is -0.773. The van der Waals surface area contributed by atoms with Gasteiger partial charge in [0.25, 0.3) is 0 Å². The van der Waals surface area contributed by atoms with Crippen molar-refractivity contribution in [2.75, 3.05) is 14.2 Å². The Kier molecular flexibility index (Phi) is 7.63. The van der Waals surface area contributed by atoms with Crippen molar-refractivity contribution in [3.05, 3.63) is 41.5 Å². The third-order valence-electron chi connectivity index (χ3n) is 7.79. The Morgan fingerprint density at radius 2 is 1.88 bits per heavy atom. The molecule has 4 aliphatic heterocycles. The van der Waals surface area contributed by atoms with Crippen LogP contribution >= 0.6 is 0 Å². The molecule has 0 spiro atoms. The van der Waals surface area contributed by atoms with Crippen LogP contribution in [0.4, 0.5) is 0 Å². The molecule has 7 nitrogen and oxygen atoms in total. The number of rotatable bonds is 7. The number of hydrazone groups is 1. The summed E-state index contributed by atoms with van der Waals surface area (Å²) in [5, 5.41) is 18.7. The van der Waals surface area contributed by atoms with Gasteiger partial charge in [0.2, 0.25) is 0 Å². The summed E-state index contributed by atoms with van der Waals surface area (Å²) in [6, 6.07) is 9.30. The van der Waals surface area contributed by atoms with Gasteiger partial charge in [-0.2, -0.15) is 5.10 Å². The number of fused-ring (bicyclic) bond motifs is 3. The van der Waals surface area contributed by atoms with E-state index < -0.39 is 5.97 Å². The van der Waals surface area contributed by atoms with Gasteiger partial charge < -0.3 is 19.5 Å². The number of nitrogens with zero attached hydrogens (tertiary/aromatic N) is 4.